The molecule has 1 aliphatic carbocycles. The summed E-state index contributed by atoms with van der Waals surface area (Å²) in [6.45, 7) is 7.57. The van der Waals surface area contributed by atoms with Crippen molar-refractivity contribution >= 4 is 40.8 Å². The minimum Gasteiger partial charge on any atom is -0.461 e. The molecule has 15 heavy (non-hydrogen) atoms. The van der Waals surface area contributed by atoms with E-state index in [-0.39, 0.29) is 23.9 Å². The van der Waals surface area contributed by atoms with Crippen LogP contribution in [0.15, 0.2) is 12.2 Å². The number of alkyl halides is 3. The van der Waals surface area contributed by atoms with Crippen LogP contribution in [-0.2, 0) is 9.53 Å². The van der Waals surface area contributed by atoms with E-state index in [9.17, 15) is 4.79 Å². The number of allylic oxidation sites excluding steroid dienone is 1. The number of rotatable bonds is 2. The topological polar surface area (TPSA) is 26.3 Å². The summed E-state index contributed by atoms with van der Waals surface area (Å²) in [5.74, 6) is -0.490. The Morgan fingerprint density at radius 1 is 1.60 bits per heavy atom. The highest BCUT2D eigenvalue weighted by atomic mass is 35.6. The molecule has 0 amide bonds. The molecule has 1 aliphatic rings. The smallest absolute Gasteiger partial charge is 0.310 e. The van der Waals surface area contributed by atoms with E-state index in [1.54, 1.807) is 0 Å². The summed E-state index contributed by atoms with van der Waals surface area (Å²) in [7, 11) is 0. The van der Waals surface area contributed by atoms with Gasteiger partial charge in [-0.25, -0.2) is 0 Å². The van der Waals surface area contributed by atoms with Gasteiger partial charge in [0.15, 0.2) is 0 Å². The number of halogens is 3. The maximum atomic E-state index is 11.6. The maximum absolute atomic E-state index is 11.6. The lowest BCUT2D eigenvalue weighted by molar-refractivity contribution is -0.154. The van der Waals surface area contributed by atoms with Gasteiger partial charge < -0.3 is 4.74 Å². The van der Waals surface area contributed by atoms with Gasteiger partial charge in [-0.1, -0.05) is 60.8 Å². The summed E-state index contributed by atoms with van der Waals surface area (Å²) < 4.78 is 3.38. The Hall–Kier alpha value is 0.0800. The Morgan fingerprint density at radius 3 is 2.47 bits per heavy atom. The molecule has 0 saturated heterocycles. The van der Waals surface area contributed by atoms with E-state index < -0.39 is 3.79 Å². The van der Waals surface area contributed by atoms with Crippen LogP contribution in [0.1, 0.15) is 20.3 Å². The molecule has 1 unspecified atom stereocenters. The summed E-state index contributed by atoms with van der Waals surface area (Å²) in [6.07, 6.45) is 0.658. The largest absolute Gasteiger partial charge is 0.461 e. The Morgan fingerprint density at radius 2 is 2.13 bits per heavy atom. The zero-order valence-corrected chi connectivity index (χ0v) is 10.9. The van der Waals surface area contributed by atoms with E-state index in [4.69, 9.17) is 39.5 Å². The van der Waals surface area contributed by atoms with Crippen molar-refractivity contribution < 1.29 is 9.53 Å². The van der Waals surface area contributed by atoms with Gasteiger partial charge in [0.2, 0.25) is 3.79 Å². The number of carbonyl (C=O) groups excluding carboxylic acids is 1. The second-order valence-corrected chi connectivity index (χ2v) is 6.82. The number of carbonyl (C=O) groups is 1. The molecule has 0 spiro atoms. The summed E-state index contributed by atoms with van der Waals surface area (Å²) in [4.78, 5) is 11.6. The zero-order valence-electron chi connectivity index (χ0n) is 8.65. The highest BCUT2D eigenvalue weighted by Crippen LogP contribution is 2.50. The molecular formula is C10H13Cl3O2. The van der Waals surface area contributed by atoms with Crippen molar-refractivity contribution in [2.75, 3.05) is 6.61 Å². The van der Waals surface area contributed by atoms with Gasteiger partial charge in [0.1, 0.15) is 6.61 Å². The number of hydrogen-bond donors (Lipinski definition) is 0. The molecule has 0 radical (unpaired) electrons. The first-order valence-corrected chi connectivity index (χ1v) is 5.69. The Balaban J connectivity index is 2.47. The van der Waals surface area contributed by atoms with Gasteiger partial charge in [0.05, 0.1) is 5.92 Å². The molecule has 1 saturated carbocycles. The predicted octanol–water partition coefficient (Wildman–Crippen LogP) is 3.50. The van der Waals surface area contributed by atoms with Crippen LogP contribution in [0.5, 0.6) is 0 Å². The summed E-state index contributed by atoms with van der Waals surface area (Å²) in [5.41, 5.74) is 0.850. The van der Waals surface area contributed by atoms with Crippen molar-refractivity contribution in [1.29, 1.82) is 0 Å². The first kappa shape index (κ1) is 13.1. The van der Waals surface area contributed by atoms with Crippen LogP contribution in [0.2, 0.25) is 0 Å². The van der Waals surface area contributed by atoms with Crippen molar-refractivity contribution in [3.8, 4) is 0 Å². The van der Waals surface area contributed by atoms with E-state index in [1.807, 2.05) is 13.8 Å². The molecule has 0 aromatic carbocycles. The molecule has 1 rings (SSSR count). The molecule has 2 nitrogen and oxygen atoms in total. The molecule has 86 valence electrons. The average Bonchev–Trinajstić information content (AvgIpc) is 2.09. The Labute approximate surface area is 105 Å². The van der Waals surface area contributed by atoms with Crippen LogP contribution in [0.25, 0.3) is 0 Å². The fourth-order valence-corrected chi connectivity index (χ4v) is 1.68. The minimum atomic E-state index is -1.54. The van der Waals surface area contributed by atoms with Gasteiger partial charge in [-0.3, -0.25) is 4.79 Å². The second kappa shape index (κ2) is 4.15. The monoisotopic (exact) mass is 270 g/mol. The van der Waals surface area contributed by atoms with E-state index in [0.29, 0.717) is 6.42 Å². The van der Waals surface area contributed by atoms with E-state index in [1.165, 1.54) is 0 Å². The SMILES string of the molecule is C=C1CC(C(=O)OCC(Cl)(Cl)Cl)C1(C)C. The Bertz CT molecular complexity index is 292. The number of ether oxygens (including phenoxy) is 1. The van der Waals surface area contributed by atoms with Crippen LogP contribution in [-0.4, -0.2) is 16.4 Å². The fraction of sp³-hybridized carbons (Fsp3) is 0.700. The summed E-state index contributed by atoms with van der Waals surface area (Å²) in [5, 5.41) is 0. The predicted molar refractivity (Wildman–Crippen MR) is 62.3 cm³/mol. The molecule has 0 heterocycles. The molecule has 0 aliphatic heterocycles. The normalized spacial score (nSPS) is 24.6. The van der Waals surface area contributed by atoms with Crippen LogP contribution in [0.3, 0.4) is 0 Å². The average molecular weight is 272 g/mol. The molecule has 1 fully saturated rings. The lowest BCUT2D eigenvalue weighted by Gasteiger charge is -2.45. The van der Waals surface area contributed by atoms with Crippen molar-refractivity contribution in [2.45, 2.75) is 24.1 Å². The van der Waals surface area contributed by atoms with Gasteiger partial charge in [0, 0.05) is 0 Å². The van der Waals surface area contributed by atoms with Gasteiger partial charge in [0.25, 0.3) is 0 Å². The lowest BCUT2D eigenvalue weighted by atomic mass is 9.59. The third-order valence-electron chi connectivity index (χ3n) is 2.90. The molecule has 0 aromatic rings. The second-order valence-electron chi connectivity index (χ2n) is 4.30. The minimum absolute atomic E-state index is 0.169. The number of hydrogen-bond acceptors (Lipinski definition) is 2. The highest BCUT2D eigenvalue weighted by Gasteiger charge is 2.47. The van der Waals surface area contributed by atoms with Gasteiger partial charge >= 0.3 is 5.97 Å². The van der Waals surface area contributed by atoms with E-state index in [0.717, 1.165) is 5.57 Å². The number of esters is 1. The molecule has 5 heteroatoms. The zero-order chi connectivity index (χ0) is 11.9. The first-order valence-electron chi connectivity index (χ1n) is 4.56. The molecule has 1 atom stereocenters. The van der Waals surface area contributed by atoms with Crippen molar-refractivity contribution in [3.05, 3.63) is 12.2 Å². The third kappa shape index (κ3) is 3.02. The molecule has 0 aromatic heterocycles. The molecular weight excluding hydrogens is 258 g/mol. The van der Waals surface area contributed by atoms with Gasteiger partial charge in [-0.15, -0.1) is 0 Å². The maximum Gasteiger partial charge on any atom is 0.310 e. The first-order chi connectivity index (χ1) is 6.64. The quantitative estimate of drug-likeness (QED) is 0.436. The van der Waals surface area contributed by atoms with E-state index in [2.05, 4.69) is 6.58 Å². The van der Waals surface area contributed by atoms with Crippen LogP contribution in [0, 0.1) is 11.3 Å². The van der Waals surface area contributed by atoms with E-state index >= 15 is 0 Å². The van der Waals surface area contributed by atoms with Gasteiger partial charge in [-0.05, 0) is 11.8 Å². The Kier molecular flexibility index (Phi) is 3.64. The fourth-order valence-electron chi connectivity index (χ4n) is 1.51. The summed E-state index contributed by atoms with van der Waals surface area (Å²) in [6, 6.07) is 0. The van der Waals surface area contributed by atoms with Crippen molar-refractivity contribution in [1.82, 2.24) is 0 Å². The van der Waals surface area contributed by atoms with Crippen molar-refractivity contribution in [2.24, 2.45) is 11.3 Å². The molecule has 0 N–H and O–H groups in total. The standard InChI is InChI=1S/C10H13Cl3O2/c1-6-4-7(9(6,2)3)8(14)15-5-10(11,12)13/h7H,1,4-5H2,2-3H3. The van der Waals surface area contributed by atoms with Crippen molar-refractivity contribution in [3.63, 3.8) is 0 Å². The summed E-state index contributed by atoms with van der Waals surface area (Å²) >= 11 is 16.4. The lowest BCUT2D eigenvalue weighted by Crippen LogP contribution is -2.43. The van der Waals surface area contributed by atoms with Gasteiger partial charge in [-0.2, -0.15) is 0 Å². The molecule has 0 bridgehead atoms. The highest BCUT2D eigenvalue weighted by molar-refractivity contribution is 6.67. The van der Waals surface area contributed by atoms with Crippen LogP contribution < -0.4 is 0 Å². The van der Waals surface area contributed by atoms with Crippen LogP contribution in [0.4, 0.5) is 0 Å². The third-order valence-corrected chi connectivity index (χ3v) is 3.22. The van der Waals surface area contributed by atoms with Crippen LogP contribution >= 0.6 is 34.8 Å².